The van der Waals surface area contributed by atoms with Gasteiger partial charge in [0.25, 0.3) is 0 Å². The molecule has 5 nitrogen and oxygen atoms in total. The van der Waals surface area contributed by atoms with Crippen LogP contribution in [0.2, 0.25) is 0 Å². The summed E-state index contributed by atoms with van der Waals surface area (Å²) in [5.74, 6) is -0.0100. The van der Waals surface area contributed by atoms with E-state index < -0.39 is 0 Å². The number of nitrogens with zero attached hydrogens (tertiary/aromatic N) is 1. The summed E-state index contributed by atoms with van der Waals surface area (Å²) in [4.78, 5) is 26.5. The first kappa shape index (κ1) is 19.0. The first-order valence-electron chi connectivity index (χ1n) is 9.63. The van der Waals surface area contributed by atoms with Gasteiger partial charge in [0.15, 0.2) is 0 Å². The van der Waals surface area contributed by atoms with Gasteiger partial charge >= 0.3 is 6.03 Å². The molecule has 1 aliphatic heterocycles. The lowest BCUT2D eigenvalue weighted by Gasteiger charge is -2.27. The average Bonchev–Trinajstić information content (AvgIpc) is 2.73. The van der Waals surface area contributed by atoms with Gasteiger partial charge in [0.2, 0.25) is 5.91 Å². The van der Waals surface area contributed by atoms with Gasteiger partial charge in [-0.15, -0.1) is 0 Å². The zero-order valence-corrected chi connectivity index (χ0v) is 15.6. The summed E-state index contributed by atoms with van der Waals surface area (Å²) >= 11 is 0. The van der Waals surface area contributed by atoms with Crippen molar-refractivity contribution in [1.82, 2.24) is 15.5 Å². The van der Waals surface area contributed by atoms with Crippen molar-refractivity contribution in [2.24, 2.45) is 0 Å². The third-order valence-corrected chi connectivity index (χ3v) is 4.90. The number of amides is 3. The third kappa shape index (κ3) is 5.84. The van der Waals surface area contributed by atoms with Gasteiger partial charge in [-0.3, -0.25) is 4.79 Å². The fraction of sp³-hybridized carbons (Fsp3) is 0.364. The van der Waals surface area contributed by atoms with Gasteiger partial charge in [-0.05, 0) is 36.8 Å². The van der Waals surface area contributed by atoms with Crippen LogP contribution in [-0.4, -0.2) is 36.5 Å². The maximum Gasteiger partial charge on any atom is 0.315 e. The lowest BCUT2D eigenvalue weighted by molar-refractivity contribution is -0.130. The molecular weight excluding hydrogens is 338 g/mol. The van der Waals surface area contributed by atoms with Crippen LogP contribution in [0.1, 0.15) is 36.4 Å². The number of nitrogens with one attached hydrogen (secondary N) is 2. The molecule has 1 heterocycles. The van der Waals surface area contributed by atoms with E-state index in [-0.39, 0.29) is 24.5 Å². The second-order valence-corrected chi connectivity index (χ2v) is 6.92. The number of benzene rings is 2. The second kappa shape index (κ2) is 9.76. The molecular formula is C22H27N3O2. The molecule has 1 atom stereocenters. The fourth-order valence-corrected chi connectivity index (χ4v) is 3.41. The number of hydrogen-bond acceptors (Lipinski definition) is 2. The van der Waals surface area contributed by atoms with E-state index in [0.717, 1.165) is 37.1 Å². The van der Waals surface area contributed by atoms with E-state index >= 15 is 0 Å². The average molecular weight is 365 g/mol. The van der Waals surface area contributed by atoms with Gasteiger partial charge in [-0.25, -0.2) is 4.79 Å². The van der Waals surface area contributed by atoms with Crippen LogP contribution in [0, 0.1) is 0 Å². The molecule has 1 saturated heterocycles. The monoisotopic (exact) mass is 365 g/mol. The smallest absolute Gasteiger partial charge is 0.315 e. The van der Waals surface area contributed by atoms with Crippen molar-refractivity contribution < 1.29 is 9.59 Å². The number of carbonyl (C=O) groups is 2. The van der Waals surface area contributed by atoms with Gasteiger partial charge in [0, 0.05) is 13.1 Å². The molecule has 5 heteroatoms. The van der Waals surface area contributed by atoms with Gasteiger partial charge < -0.3 is 15.5 Å². The second-order valence-electron chi connectivity index (χ2n) is 6.92. The summed E-state index contributed by atoms with van der Waals surface area (Å²) < 4.78 is 0. The maximum atomic E-state index is 12.4. The summed E-state index contributed by atoms with van der Waals surface area (Å²) in [6, 6.07) is 19.5. The first-order chi connectivity index (χ1) is 13.2. The number of likely N-dealkylation sites (tertiary alicyclic amines) is 1. The fourth-order valence-electron chi connectivity index (χ4n) is 3.41. The van der Waals surface area contributed by atoms with Crippen molar-refractivity contribution in [3.05, 3.63) is 71.8 Å². The lowest BCUT2D eigenvalue weighted by atomic mass is 9.99. The summed E-state index contributed by atoms with van der Waals surface area (Å²) in [6.45, 7) is 1.63. The predicted octanol–water partition coefficient (Wildman–Crippen LogP) is 3.28. The molecule has 0 radical (unpaired) electrons. The largest absolute Gasteiger partial charge is 0.341 e. The Labute approximate surface area is 160 Å². The van der Waals surface area contributed by atoms with Crippen LogP contribution in [0.15, 0.2) is 60.7 Å². The van der Waals surface area contributed by atoms with Crippen LogP contribution >= 0.6 is 0 Å². The van der Waals surface area contributed by atoms with Crippen LogP contribution < -0.4 is 10.6 Å². The van der Waals surface area contributed by atoms with Crippen LogP contribution in [0.3, 0.4) is 0 Å². The molecule has 2 aromatic rings. The Morgan fingerprint density at radius 3 is 2.19 bits per heavy atom. The first-order valence-corrected chi connectivity index (χ1v) is 9.63. The SMILES string of the molecule is O=C(NCC(=O)N1CCCCC1)NC(Cc1ccccc1)c1ccccc1. The maximum absolute atomic E-state index is 12.4. The van der Waals surface area contributed by atoms with Crippen LogP contribution in [0.25, 0.3) is 0 Å². The molecule has 3 rings (SSSR count). The quantitative estimate of drug-likeness (QED) is 0.825. The molecule has 1 unspecified atom stereocenters. The molecule has 0 aromatic heterocycles. The Balaban J connectivity index is 1.57. The zero-order chi connectivity index (χ0) is 18.9. The highest BCUT2D eigenvalue weighted by molar-refractivity contribution is 5.84. The molecule has 1 aliphatic rings. The highest BCUT2D eigenvalue weighted by atomic mass is 16.2. The standard InChI is InChI=1S/C22H27N3O2/c26-21(25-14-8-3-9-15-25)17-23-22(27)24-20(19-12-6-2-7-13-19)16-18-10-4-1-5-11-18/h1-2,4-7,10-13,20H,3,8-9,14-17H2,(H2,23,24,27). The number of hydrogen-bond donors (Lipinski definition) is 2. The zero-order valence-electron chi connectivity index (χ0n) is 15.6. The molecule has 1 fully saturated rings. The minimum Gasteiger partial charge on any atom is -0.341 e. The van der Waals surface area contributed by atoms with E-state index in [2.05, 4.69) is 22.8 Å². The Morgan fingerprint density at radius 2 is 1.52 bits per heavy atom. The van der Waals surface area contributed by atoms with Crippen molar-refractivity contribution in [2.75, 3.05) is 19.6 Å². The molecule has 0 aliphatic carbocycles. The van der Waals surface area contributed by atoms with E-state index in [1.165, 1.54) is 6.42 Å². The number of piperidine rings is 1. The molecule has 0 bridgehead atoms. The minimum absolute atomic E-state index is 0.0100. The molecule has 0 saturated carbocycles. The number of carbonyl (C=O) groups excluding carboxylic acids is 2. The topological polar surface area (TPSA) is 61.4 Å². The van der Waals surface area contributed by atoms with Gasteiger partial charge in [0.1, 0.15) is 0 Å². The molecule has 2 N–H and O–H groups in total. The Kier molecular flexibility index (Phi) is 6.85. The van der Waals surface area contributed by atoms with E-state index in [1.54, 1.807) is 0 Å². The molecule has 142 valence electrons. The van der Waals surface area contributed by atoms with Crippen molar-refractivity contribution >= 4 is 11.9 Å². The van der Waals surface area contributed by atoms with E-state index in [4.69, 9.17) is 0 Å². The Morgan fingerprint density at radius 1 is 0.889 bits per heavy atom. The predicted molar refractivity (Wildman–Crippen MR) is 106 cm³/mol. The van der Waals surface area contributed by atoms with Crippen molar-refractivity contribution in [3.8, 4) is 0 Å². The molecule has 3 amide bonds. The van der Waals surface area contributed by atoms with Crippen LogP contribution in [0.4, 0.5) is 4.79 Å². The molecule has 27 heavy (non-hydrogen) atoms. The molecule has 2 aromatic carbocycles. The highest BCUT2D eigenvalue weighted by Gasteiger charge is 2.19. The number of rotatable bonds is 6. The van der Waals surface area contributed by atoms with E-state index in [1.807, 2.05) is 53.4 Å². The summed E-state index contributed by atoms with van der Waals surface area (Å²) in [7, 11) is 0. The van der Waals surface area contributed by atoms with Crippen molar-refractivity contribution in [1.29, 1.82) is 0 Å². The van der Waals surface area contributed by atoms with Gasteiger partial charge in [-0.1, -0.05) is 60.7 Å². The summed E-state index contributed by atoms with van der Waals surface area (Å²) in [6.07, 6.45) is 3.96. The highest BCUT2D eigenvalue weighted by Crippen LogP contribution is 2.18. The minimum atomic E-state index is -0.315. The summed E-state index contributed by atoms with van der Waals surface area (Å²) in [5, 5.41) is 5.74. The van der Waals surface area contributed by atoms with Crippen LogP contribution in [0.5, 0.6) is 0 Å². The number of urea groups is 1. The Bertz CT molecular complexity index is 728. The lowest BCUT2D eigenvalue weighted by Crippen LogP contribution is -2.46. The van der Waals surface area contributed by atoms with E-state index in [0.29, 0.717) is 6.42 Å². The third-order valence-electron chi connectivity index (χ3n) is 4.90. The van der Waals surface area contributed by atoms with Crippen molar-refractivity contribution in [2.45, 2.75) is 31.7 Å². The van der Waals surface area contributed by atoms with Gasteiger partial charge in [0.05, 0.1) is 12.6 Å². The Hall–Kier alpha value is -2.82. The van der Waals surface area contributed by atoms with Crippen molar-refractivity contribution in [3.63, 3.8) is 0 Å². The van der Waals surface area contributed by atoms with E-state index in [9.17, 15) is 9.59 Å². The summed E-state index contributed by atoms with van der Waals surface area (Å²) in [5.41, 5.74) is 2.19. The molecule has 0 spiro atoms. The van der Waals surface area contributed by atoms with Gasteiger partial charge in [-0.2, -0.15) is 0 Å². The van der Waals surface area contributed by atoms with Crippen LogP contribution in [-0.2, 0) is 11.2 Å². The normalized spacial score (nSPS) is 15.0.